The zero-order chi connectivity index (χ0) is 26.5. The Labute approximate surface area is 225 Å². The van der Waals surface area contributed by atoms with Crippen LogP contribution < -0.4 is 0 Å². The van der Waals surface area contributed by atoms with E-state index in [9.17, 15) is 0 Å². The summed E-state index contributed by atoms with van der Waals surface area (Å²) in [5.41, 5.74) is 5.53. The number of hydrogen-bond donors (Lipinski definition) is 0. The molecular weight excluding hydrogens is 458 g/mol. The van der Waals surface area contributed by atoms with E-state index in [1.165, 1.54) is 74.5 Å². The lowest BCUT2D eigenvalue weighted by Gasteiger charge is -2.38. The molecule has 0 bridgehead atoms. The van der Waals surface area contributed by atoms with Crippen molar-refractivity contribution >= 4 is 0 Å². The van der Waals surface area contributed by atoms with Crippen molar-refractivity contribution in [3.63, 3.8) is 0 Å². The Morgan fingerprint density at radius 1 is 0.811 bits per heavy atom. The summed E-state index contributed by atoms with van der Waals surface area (Å²) in [5, 5.41) is 0. The van der Waals surface area contributed by atoms with E-state index in [0.29, 0.717) is 17.0 Å². The molecule has 0 amide bonds. The highest BCUT2D eigenvalue weighted by molar-refractivity contribution is 5.67. The summed E-state index contributed by atoms with van der Waals surface area (Å²) in [5.74, 6) is 2.17. The van der Waals surface area contributed by atoms with Crippen LogP contribution in [-0.4, -0.2) is 0 Å². The maximum absolute atomic E-state index is 15.5. The number of benzene rings is 2. The first-order valence-electron chi connectivity index (χ1n) is 15.4. The highest BCUT2D eigenvalue weighted by atomic mass is 19.2. The van der Waals surface area contributed by atoms with Crippen molar-refractivity contribution in [2.24, 2.45) is 23.7 Å². The second-order valence-electron chi connectivity index (χ2n) is 12.7. The summed E-state index contributed by atoms with van der Waals surface area (Å²) >= 11 is 0. The molecule has 2 aliphatic rings. The molecule has 37 heavy (non-hydrogen) atoms. The molecule has 204 valence electrons. The summed E-state index contributed by atoms with van der Waals surface area (Å²) in [6.45, 7) is 11.1. The van der Waals surface area contributed by atoms with Gasteiger partial charge in [-0.15, -0.1) is 0 Å². The third kappa shape index (κ3) is 6.66. The van der Waals surface area contributed by atoms with Gasteiger partial charge in [0.05, 0.1) is 0 Å². The lowest BCUT2D eigenvalue weighted by Crippen LogP contribution is -2.25. The molecule has 2 heteroatoms. The quantitative estimate of drug-likeness (QED) is 0.316. The standard InChI is InChI=1S/C35H50F2/c1-6-8-26-10-12-27(13-11-26)28-14-16-29(17-15-28)32-19-20-33(35(37)34(32)36)30-21-24(4)31(25(5)22-30)18-9-23(3)7-2/h19-23,26-29H,6-18H2,1-5H3. The minimum atomic E-state index is -0.667. The highest BCUT2D eigenvalue weighted by Gasteiger charge is 2.32. The van der Waals surface area contributed by atoms with E-state index in [0.717, 1.165) is 49.0 Å². The van der Waals surface area contributed by atoms with Crippen LogP contribution in [0.4, 0.5) is 8.78 Å². The van der Waals surface area contributed by atoms with E-state index < -0.39 is 11.6 Å². The summed E-state index contributed by atoms with van der Waals surface area (Å²) in [7, 11) is 0. The lowest BCUT2D eigenvalue weighted by molar-refractivity contribution is 0.156. The van der Waals surface area contributed by atoms with Crippen molar-refractivity contribution in [3.05, 3.63) is 58.2 Å². The molecule has 0 nitrogen and oxygen atoms in total. The first-order valence-corrected chi connectivity index (χ1v) is 15.4. The molecule has 2 aliphatic carbocycles. The van der Waals surface area contributed by atoms with Gasteiger partial charge >= 0.3 is 0 Å². The molecule has 0 saturated heterocycles. The van der Waals surface area contributed by atoms with Crippen LogP contribution in [0, 0.1) is 49.2 Å². The molecule has 0 aliphatic heterocycles. The smallest absolute Gasteiger partial charge is 0.166 e. The molecule has 4 rings (SSSR count). The normalized spacial score (nSPS) is 25.3. The summed E-state index contributed by atoms with van der Waals surface area (Å²) < 4.78 is 30.9. The molecule has 0 heterocycles. The van der Waals surface area contributed by atoms with Crippen LogP contribution in [0.2, 0.25) is 0 Å². The van der Waals surface area contributed by atoms with Crippen molar-refractivity contribution in [1.82, 2.24) is 0 Å². The van der Waals surface area contributed by atoms with Gasteiger partial charge in [0.15, 0.2) is 11.6 Å². The maximum Gasteiger partial charge on any atom is 0.166 e. The summed E-state index contributed by atoms with van der Waals surface area (Å²) in [6, 6.07) is 7.83. The fourth-order valence-corrected chi connectivity index (χ4v) is 7.50. The van der Waals surface area contributed by atoms with Gasteiger partial charge in [0.1, 0.15) is 0 Å². The first-order chi connectivity index (χ1) is 17.8. The zero-order valence-electron chi connectivity index (χ0n) is 24.1. The van der Waals surface area contributed by atoms with Crippen LogP contribution in [0.15, 0.2) is 24.3 Å². The fourth-order valence-electron chi connectivity index (χ4n) is 7.50. The van der Waals surface area contributed by atoms with Crippen molar-refractivity contribution < 1.29 is 8.78 Å². The van der Waals surface area contributed by atoms with Crippen LogP contribution in [-0.2, 0) is 6.42 Å². The predicted octanol–water partition coefficient (Wildman–Crippen LogP) is 11.1. The zero-order valence-corrected chi connectivity index (χ0v) is 24.1. The molecular formula is C35H50F2. The van der Waals surface area contributed by atoms with E-state index in [4.69, 9.17) is 0 Å². The van der Waals surface area contributed by atoms with Gasteiger partial charge in [0.2, 0.25) is 0 Å². The highest BCUT2D eigenvalue weighted by Crippen LogP contribution is 2.45. The van der Waals surface area contributed by atoms with Gasteiger partial charge in [-0.2, -0.15) is 0 Å². The topological polar surface area (TPSA) is 0 Å². The van der Waals surface area contributed by atoms with Gasteiger partial charge in [-0.1, -0.05) is 77.1 Å². The molecule has 2 fully saturated rings. The Hall–Kier alpha value is -1.70. The van der Waals surface area contributed by atoms with Crippen LogP contribution in [0.1, 0.15) is 126 Å². The first kappa shape index (κ1) is 28.3. The van der Waals surface area contributed by atoms with Crippen molar-refractivity contribution in [2.45, 2.75) is 124 Å². The van der Waals surface area contributed by atoms with Crippen molar-refractivity contribution in [3.8, 4) is 11.1 Å². The minimum Gasteiger partial charge on any atom is -0.203 e. The third-order valence-corrected chi connectivity index (χ3v) is 10.2. The van der Waals surface area contributed by atoms with Gasteiger partial charge in [-0.25, -0.2) is 8.78 Å². The monoisotopic (exact) mass is 508 g/mol. The van der Waals surface area contributed by atoms with Crippen LogP contribution in [0.25, 0.3) is 11.1 Å². The van der Waals surface area contributed by atoms with Crippen molar-refractivity contribution in [2.75, 3.05) is 0 Å². The van der Waals surface area contributed by atoms with E-state index in [-0.39, 0.29) is 5.92 Å². The average molecular weight is 509 g/mol. The molecule has 0 spiro atoms. The number of hydrogen-bond acceptors (Lipinski definition) is 0. The Morgan fingerprint density at radius 2 is 1.41 bits per heavy atom. The minimum absolute atomic E-state index is 0.155. The van der Waals surface area contributed by atoms with E-state index >= 15 is 8.78 Å². The van der Waals surface area contributed by atoms with Gasteiger partial charge < -0.3 is 0 Å². The Kier molecular flexibility index (Phi) is 9.87. The van der Waals surface area contributed by atoms with Crippen molar-refractivity contribution in [1.29, 1.82) is 0 Å². The maximum atomic E-state index is 15.5. The largest absolute Gasteiger partial charge is 0.203 e. The van der Waals surface area contributed by atoms with Gasteiger partial charge in [-0.3, -0.25) is 0 Å². The molecule has 0 N–H and O–H groups in total. The van der Waals surface area contributed by atoms with Crippen LogP contribution in [0.3, 0.4) is 0 Å². The summed E-state index contributed by atoms with van der Waals surface area (Å²) in [6.07, 6.45) is 16.0. The third-order valence-electron chi connectivity index (χ3n) is 10.2. The Balaban J connectivity index is 1.42. The lowest BCUT2D eigenvalue weighted by atomic mass is 9.68. The molecule has 2 aromatic carbocycles. The Bertz CT molecular complexity index is 999. The van der Waals surface area contributed by atoms with Crippen LogP contribution in [0.5, 0.6) is 0 Å². The van der Waals surface area contributed by atoms with E-state index in [2.05, 4.69) is 46.8 Å². The summed E-state index contributed by atoms with van der Waals surface area (Å²) in [4.78, 5) is 0. The van der Waals surface area contributed by atoms with Gasteiger partial charge in [-0.05, 0) is 123 Å². The van der Waals surface area contributed by atoms with E-state index in [1.807, 2.05) is 12.1 Å². The molecule has 0 radical (unpaired) electrons. The molecule has 2 aromatic rings. The molecule has 0 aromatic heterocycles. The van der Waals surface area contributed by atoms with Gasteiger partial charge in [0.25, 0.3) is 0 Å². The second-order valence-corrected chi connectivity index (χ2v) is 12.7. The van der Waals surface area contributed by atoms with E-state index in [1.54, 1.807) is 0 Å². The predicted molar refractivity (Wildman–Crippen MR) is 154 cm³/mol. The second kappa shape index (κ2) is 12.9. The number of halogens is 2. The average Bonchev–Trinajstić information content (AvgIpc) is 2.90. The van der Waals surface area contributed by atoms with Crippen LogP contribution >= 0.6 is 0 Å². The molecule has 2 saturated carbocycles. The SMILES string of the molecule is CCCC1CCC(C2CCC(c3ccc(-c4cc(C)c(CCC(C)CC)c(C)c4)c(F)c3F)CC2)CC1. The fraction of sp³-hybridized carbons (Fsp3) is 0.657. The number of aryl methyl sites for hydroxylation is 2. The number of rotatable bonds is 9. The molecule has 1 unspecified atom stereocenters. The van der Waals surface area contributed by atoms with Gasteiger partial charge in [0, 0.05) is 5.56 Å². The Morgan fingerprint density at radius 3 is 1.97 bits per heavy atom. The molecule has 1 atom stereocenters.